The summed E-state index contributed by atoms with van der Waals surface area (Å²) in [6, 6.07) is 10.6. The molecule has 2 heterocycles. The molecule has 0 unspecified atom stereocenters. The molecule has 0 aliphatic carbocycles. The number of halogens is 2. The van der Waals surface area contributed by atoms with Crippen molar-refractivity contribution < 1.29 is 13.6 Å². The maximum Gasteiger partial charge on any atom is 0.229 e. The Morgan fingerprint density at radius 2 is 1.92 bits per heavy atom. The van der Waals surface area contributed by atoms with Crippen molar-refractivity contribution in [3.05, 3.63) is 71.6 Å². The van der Waals surface area contributed by atoms with Gasteiger partial charge in [0.15, 0.2) is 11.6 Å². The van der Waals surface area contributed by atoms with Crippen LogP contribution >= 0.6 is 11.3 Å². The number of nitrogens with zero attached hydrogens (tertiary/aromatic N) is 2. The monoisotopic (exact) mass is 355 g/mol. The third-order valence-corrected chi connectivity index (χ3v) is 4.52. The molecule has 0 aliphatic rings. The van der Waals surface area contributed by atoms with E-state index < -0.39 is 17.5 Å². The third-order valence-electron chi connectivity index (χ3n) is 3.42. The molecule has 124 valence electrons. The van der Waals surface area contributed by atoms with Crippen molar-refractivity contribution >= 4 is 22.2 Å². The number of pyridine rings is 1. The first-order valence-electron chi connectivity index (χ1n) is 7.25. The van der Waals surface area contributed by atoms with Crippen molar-refractivity contribution in [1.82, 2.24) is 4.98 Å². The maximum atomic E-state index is 13.2. The zero-order valence-corrected chi connectivity index (χ0v) is 13.6. The molecule has 3 rings (SSSR count). The molecular formula is C18H11F2N3OS. The predicted molar refractivity (Wildman–Crippen MR) is 91.0 cm³/mol. The van der Waals surface area contributed by atoms with Crippen LogP contribution in [0.5, 0.6) is 0 Å². The Hall–Kier alpha value is -3.11. The van der Waals surface area contributed by atoms with E-state index in [0.717, 1.165) is 22.6 Å². The first-order valence-corrected chi connectivity index (χ1v) is 8.06. The highest BCUT2D eigenvalue weighted by atomic mass is 32.1. The summed E-state index contributed by atoms with van der Waals surface area (Å²) in [5, 5.41) is 12.3. The van der Waals surface area contributed by atoms with Gasteiger partial charge in [-0.2, -0.15) is 5.26 Å². The van der Waals surface area contributed by atoms with E-state index in [-0.39, 0.29) is 6.42 Å². The molecule has 1 aromatic carbocycles. The fourth-order valence-corrected chi connectivity index (χ4v) is 3.26. The van der Waals surface area contributed by atoms with E-state index in [1.807, 2.05) is 6.07 Å². The average Bonchev–Trinajstić information content (AvgIpc) is 3.01. The molecule has 0 fully saturated rings. The summed E-state index contributed by atoms with van der Waals surface area (Å²) in [6.45, 7) is 0. The highest BCUT2D eigenvalue weighted by molar-refractivity contribution is 7.19. The lowest BCUT2D eigenvalue weighted by atomic mass is 10.1. The van der Waals surface area contributed by atoms with Gasteiger partial charge in [-0.05, 0) is 41.5 Å². The standard InChI is InChI=1S/C18H11F2N3OS/c19-14-2-1-11(7-15(14)20)8-17(24)23-18-13(10-21)9-16(25-18)12-3-5-22-6-4-12/h1-7,9H,8H2,(H,23,24). The van der Waals surface area contributed by atoms with Crippen LogP contribution in [0.25, 0.3) is 10.4 Å². The Morgan fingerprint density at radius 3 is 2.60 bits per heavy atom. The SMILES string of the molecule is N#Cc1cc(-c2ccncc2)sc1NC(=O)Cc1ccc(F)c(F)c1. The van der Waals surface area contributed by atoms with Crippen LogP contribution in [0.1, 0.15) is 11.1 Å². The van der Waals surface area contributed by atoms with Crippen LogP contribution in [0, 0.1) is 23.0 Å². The number of aromatic nitrogens is 1. The molecule has 0 atom stereocenters. The topological polar surface area (TPSA) is 65.8 Å². The number of amides is 1. The zero-order valence-electron chi connectivity index (χ0n) is 12.8. The first-order chi connectivity index (χ1) is 12.1. The van der Waals surface area contributed by atoms with Gasteiger partial charge in [-0.25, -0.2) is 8.78 Å². The van der Waals surface area contributed by atoms with Gasteiger partial charge in [-0.3, -0.25) is 9.78 Å². The second-order valence-electron chi connectivity index (χ2n) is 5.17. The summed E-state index contributed by atoms with van der Waals surface area (Å²) in [7, 11) is 0. The maximum absolute atomic E-state index is 13.2. The van der Waals surface area contributed by atoms with E-state index in [2.05, 4.69) is 10.3 Å². The number of nitrogens with one attached hydrogen (secondary N) is 1. The first kappa shape index (κ1) is 16.7. The van der Waals surface area contributed by atoms with Gasteiger partial charge in [0.2, 0.25) is 5.91 Å². The summed E-state index contributed by atoms with van der Waals surface area (Å²) in [6.07, 6.45) is 3.16. The molecular weight excluding hydrogens is 344 g/mol. The highest BCUT2D eigenvalue weighted by Crippen LogP contribution is 2.34. The summed E-state index contributed by atoms with van der Waals surface area (Å²) in [5.74, 6) is -2.37. The van der Waals surface area contributed by atoms with Crippen LogP contribution in [0.2, 0.25) is 0 Å². The molecule has 0 bridgehead atoms. The van der Waals surface area contributed by atoms with Gasteiger partial charge >= 0.3 is 0 Å². The number of carbonyl (C=O) groups is 1. The fraction of sp³-hybridized carbons (Fsp3) is 0.0556. The van der Waals surface area contributed by atoms with Gasteiger partial charge in [0, 0.05) is 17.3 Å². The van der Waals surface area contributed by atoms with Crippen LogP contribution < -0.4 is 5.32 Å². The summed E-state index contributed by atoms with van der Waals surface area (Å²) in [4.78, 5) is 16.9. The zero-order chi connectivity index (χ0) is 17.8. The van der Waals surface area contributed by atoms with E-state index in [0.29, 0.717) is 16.1 Å². The fourth-order valence-electron chi connectivity index (χ4n) is 2.23. The second kappa shape index (κ2) is 7.20. The summed E-state index contributed by atoms with van der Waals surface area (Å²) in [5.41, 5.74) is 1.58. The number of anilines is 1. The summed E-state index contributed by atoms with van der Waals surface area (Å²) < 4.78 is 26.1. The third kappa shape index (κ3) is 3.87. The minimum absolute atomic E-state index is 0.120. The molecule has 25 heavy (non-hydrogen) atoms. The minimum atomic E-state index is -1.00. The number of benzene rings is 1. The number of carbonyl (C=O) groups excluding carboxylic acids is 1. The van der Waals surface area contributed by atoms with Crippen molar-refractivity contribution in [3.8, 4) is 16.5 Å². The second-order valence-corrected chi connectivity index (χ2v) is 6.23. The summed E-state index contributed by atoms with van der Waals surface area (Å²) >= 11 is 1.27. The molecule has 2 aromatic heterocycles. The minimum Gasteiger partial charge on any atom is -0.316 e. The van der Waals surface area contributed by atoms with E-state index >= 15 is 0 Å². The normalized spacial score (nSPS) is 10.3. The molecule has 1 N–H and O–H groups in total. The van der Waals surface area contributed by atoms with E-state index in [4.69, 9.17) is 0 Å². The molecule has 0 spiro atoms. The Morgan fingerprint density at radius 1 is 1.16 bits per heavy atom. The lowest BCUT2D eigenvalue weighted by Crippen LogP contribution is -2.14. The lowest BCUT2D eigenvalue weighted by Gasteiger charge is -2.04. The van der Waals surface area contributed by atoms with Crippen LogP contribution in [-0.4, -0.2) is 10.9 Å². The molecule has 0 saturated heterocycles. The molecule has 7 heteroatoms. The molecule has 0 aliphatic heterocycles. The van der Waals surface area contributed by atoms with Gasteiger partial charge < -0.3 is 5.32 Å². The Balaban J connectivity index is 1.78. The van der Waals surface area contributed by atoms with Gasteiger partial charge in [-0.15, -0.1) is 11.3 Å². The van der Waals surface area contributed by atoms with E-state index in [1.165, 1.54) is 17.4 Å². The van der Waals surface area contributed by atoms with Crippen LogP contribution in [0.4, 0.5) is 13.8 Å². The van der Waals surface area contributed by atoms with Gasteiger partial charge in [0.05, 0.1) is 12.0 Å². The predicted octanol–water partition coefficient (Wildman–Crippen LogP) is 4.14. The average molecular weight is 355 g/mol. The van der Waals surface area contributed by atoms with Crippen molar-refractivity contribution in [3.63, 3.8) is 0 Å². The molecule has 0 radical (unpaired) electrons. The smallest absolute Gasteiger partial charge is 0.229 e. The van der Waals surface area contributed by atoms with E-state index in [9.17, 15) is 18.8 Å². The quantitative estimate of drug-likeness (QED) is 0.765. The van der Waals surface area contributed by atoms with E-state index in [1.54, 1.807) is 30.6 Å². The lowest BCUT2D eigenvalue weighted by molar-refractivity contribution is -0.115. The highest BCUT2D eigenvalue weighted by Gasteiger charge is 2.14. The van der Waals surface area contributed by atoms with Crippen molar-refractivity contribution in [2.45, 2.75) is 6.42 Å². The van der Waals surface area contributed by atoms with Crippen LogP contribution in [-0.2, 0) is 11.2 Å². The van der Waals surface area contributed by atoms with Crippen LogP contribution in [0.15, 0.2) is 48.8 Å². The number of nitriles is 1. The number of hydrogen-bond donors (Lipinski definition) is 1. The van der Waals surface area contributed by atoms with Gasteiger partial charge in [-0.1, -0.05) is 6.07 Å². The largest absolute Gasteiger partial charge is 0.316 e. The van der Waals surface area contributed by atoms with Crippen molar-refractivity contribution in [2.24, 2.45) is 0 Å². The van der Waals surface area contributed by atoms with Gasteiger partial charge in [0.25, 0.3) is 0 Å². The Bertz CT molecular complexity index is 964. The van der Waals surface area contributed by atoms with Gasteiger partial charge in [0.1, 0.15) is 11.1 Å². The molecule has 4 nitrogen and oxygen atoms in total. The van der Waals surface area contributed by atoms with Crippen molar-refractivity contribution in [2.75, 3.05) is 5.32 Å². The number of hydrogen-bond acceptors (Lipinski definition) is 4. The number of rotatable bonds is 4. The molecule has 0 saturated carbocycles. The Labute approximate surface area is 146 Å². The Kier molecular flexibility index (Phi) is 4.82. The van der Waals surface area contributed by atoms with Crippen LogP contribution in [0.3, 0.4) is 0 Å². The van der Waals surface area contributed by atoms with Crippen molar-refractivity contribution in [1.29, 1.82) is 5.26 Å². The molecule has 1 amide bonds. The molecule has 3 aromatic rings. The number of thiophene rings is 1.